The van der Waals surface area contributed by atoms with Crippen LogP contribution in [0.5, 0.6) is 0 Å². The van der Waals surface area contributed by atoms with E-state index in [-0.39, 0.29) is 6.04 Å². The molecule has 3 fully saturated rings. The average molecular weight is 251 g/mol. The van der Waals surface area contributed by atoms with Gasteiger partial charge in [0.25, 0.3) is 0 Å². The summed E-state index contributed by atoms with van der Waals surface area (Å²) in [5.74, 6) is 0.718. The topological polar surface area (TPSA) is 57.4 Å². The Bertz CT molecular complexity index is 399. The zero-order chi connectivity index (χ0) is 12.5. The van der Waals surface area contributed by atoms with Gasteiger partial charge in [-0.1, -0.05) is 6.92 Å². The first-order valence-corrected chi connectivity index (χ1v) is 6.81. The molecule has 0 spiro atoms. The molecule has 1 aromatic rings. The van der Waals surface area contributed by atoms with Crippen LogP contribution in [0.15, 0.2) is 6.33 Å². The van der Waals surface area contributed by atoms with Crippen molar-refractivity contribution in [1.29, 1.82) is 0 Å². The Morgan fingerprint density at radius 1 is 1.39 bits per heavy atom. The Morgan fingerprint density at radius 3 is 2.78 bits per heavy atom. The zero-order valence-electron chi connectivity index (χ0n) is 10.9. The molecule has 0 aliphatic carbocycles. The van der Waals surface area contributed by atoms with Crippen molar-refractivity contribution in [2.24, 2.45) is 0 Å². The number of aliphatic hydroxyl groups excluding tert-OH is 1. The summed E-state index contributed by atoms with van der Waals surface area (Å²) >= 11 is 0. The summed E-state index contributed by atoms with van der Waals surface area (Å²) < 4.78 is 1.84. The fourth-order valence-corrected chi connectivity index (χ4v) is 3.02. The highest BCUT2D eigenvalue weighted by Gasteiger charge is 2.38. The van der Waals surface area contributed by atoms with Gasteiger partial charge < -0.3 is 5.11 Å². The van der Waals surface area contributed by atoms with Crippen LogP contribution >= 0.6 is 0 Å². The van der Waals surface area contributed by atoms with Gasteiger partial charge in [0.05, 0.1) is 6.04 Å². The van der Waals surface area contributed by atoms with E-state index in [9.17, 15) is 5.11 Å². The standard InChI is InChI=1S/C12H21N5O/c1-2-3-17-12(13-9-14-17)11(18)10-8-15-4-6-16(10)7-5-15/h9-11,18H,2-8H2,1H3. The van der Waals surface area contributed by atoms with Crippen LogP contribution < -0.4 is 0 Å². The molecule has 4 heterocycles. The molecule has 2 bridgehead atoms. The van der Waals surface area contributed by atoms with Crippen molar-refractivity contribution >= 4 is 0 Å². The molecule has 2 atom stereocenters. The van der Waals surface area contributed by atoms with Gasteiger partial charge in [-0.25, -0.2) is 9.67 Å². The first-order chi connectivity index (χ1) is 8.79. The second-order valence-electron chi connectivity index (χ2n) is 5.19. The summed E-state index contributed by atoms with van der Waals surface area (Å²) in [7, 11) is 0. The van der Waals surface area contributed by atoms with Crippen molar-refractivity contribution in [3.8, 4) is 0 Å². The highest BCUT2D eigenvalue weighted by Crippen LogP contribution is 2.26. The number of aliphatic hydroxyl groups is 1. The molecule has 3 aliphatic heterocycles. The summed E-state index contributed by atoms with van der Waals surface area (Å²) in [6, 6.07) is 0.173. The fourth-order valence-electron chi connectivity index (χ4n) is 3.02. The highest BCUT2D eigenvalue weighted by molar-refractivity contribution is 5.01. The minimum atomic E-state index is -0.526. The molecule has 1 N–H and O–H groups in total. The molecule has 0 amide bonds. The smallest absolute Gasteiger partial charge is 0.157 e. The summed E-state index contributed by atoms with van der Waals surface area (Å²) in [4.78, 5) is 9.06. The van der Waals surface area contributed by atoms with Gasteiger partial charge in [0, 0.05) is 39.3 Å². The Hall–Kier alpha value is -0.980. The van der Waals surface area contributed by atoms with Gasteiger partial charge in [0.2, 0.25) is 0 Å². The Labute approximate surface area is 107 Å². The zero-order valence-corrected chi connectivity index (χ0v) is 10.9. The van der Waals surface area contributed by atoms with Gasteiger partial charge in [0.15, 0.2) is 5.82 Å². The number of aromatic nitrogens is 3. The molecule has 0 aromatic carbocycles. The molecular weight excluding hydrogens is 230 g/mol. The van der Waals surface area contributed by atoms with Gasteiger partial charge in [-0.2, -0.15) is 5.10 Å². The maximum Gasteiger partial charge on any atom is 0.157 e. The van der Waals surface area contributed by atoms with Crippen molar-refractivity contribution in [1.82, 2.24) is 24.6 Å². The number of fused-ring (bicyclic) bond motifs is 3. The lowest BCUT2D eigenvalue weighted by Gasteiger charge is -2.48. The van der Waals surface area contributed by atoms with E-state index in [1.807, 2.05) is 4.68 Å². The van der Waals surface area contributed by atoms with Crippen molar-refractivity contribution in [3.63, 3.8) is 0 Å². The number of nitrogens with zero attached hydrogens (tertiary/aromatic N) is 5. The predicted octanol–water partition coefficient (Wildman–Crippen LogP) is -0.279. The Kier molecular flexibility index (Phi) is 3.32. The third-order valence-electron chi connectivity index (χ3n) is 4.03. The molecule has 100 valence electrons. The van der Waals surface area contributed by atoms with Crippen LogP contribution in [0.2, 0.25) is 0 Å². The predicted molar refractivity (Wildman–Crippen MR) is 67.1 cm³/mol. The molecule has 6 nitrogen and oxygen atoms in total. The molecule has 3 saturated heterocycles. The van der Waals surface area contributed by atoms with Crippen LogP contribution in [0.25, 0.3) is 0 Å². The van der Waals surface area contributed by atoms with E-state index in [2.05, 4.69) is 26.8 Å². The van der Waals surface area contributed by atoms with Gasteiger partial charge >= 0.3 is 0 Å². The second kappa shape index (κ2) is 4.95. The van der Waals surface area contributed by atoms with Crippen LogP contribution in [0.1, 0.15) is 25.3 Å². The molecule has 2 unspecified atom stereocenters. The Balaban J connectivity index is 1.77. The number of aryl methyl sites for hydroxylation is 1. The molecule has 18 heavy (non-hydrogen) atoms. The van der Waals surface area contributed by atoms with E-state index in [0.29, 0.717) is 0 Å². The van der Waals surface area contributed by atoms with E-state index in [1.165, 1.54) is 0 Å². The lowest BCUT2D eigenvalue weighted by Crippen LogP contribution is -2.62. The van der Waals surface area contributed by atoms with Crippen molar-refractivity contribution in [2.45, 2.75) is 32.0 Å². The fraction of sp³-hybridized carbons (Fsp3) is 0.833. The summed E-state index contributed by atoms with van der Waals surface area (Å²) in [5.41, 5.74) is 0. The number of hydrogen-bond acceptors (Lipinski definition) is 5. The highest BCUT2D eigenvalue weighted by atomic mass is 16.3. The molecule has 4 rings (SSSR count). The van der Waals surface area contributed by atoms with Crippen LogP contribution in [0.4, 0.5) is 0 Å². The third kappa shape index (κ3) is 2.04. The average Bonchev–Trinajstić information content (AvgIpc) is 2.88. The SMILES string of the molecule is CCCn1ncnc1C(O)C1CN2CCN1CC2. The van der Waals surface area contributed by atoms with Gasteiger partial charge in [-0.3, -0.25) is 9.80 Å². The quantitative estimate of drug-likeness (QED) is 0.798. The van der Waals surface area contributed by atoms with E-state index in [0.717, 1.165) is 51.5 Å². The molecule has 0 radical (unpaired) electrons. The van der Waals surface area contributed by atoms with Crippen LogP contribution in [0.3, 0.4) is 0 Å². The first-order valence-electron chi connectivity index (χ1n) is 6.81. The van der Waals surface area contributed by atoms with Gasteiger partial charge in [-0.15, -0.1) is 0 Å². The van der Waals surface area contributed by atoms with Gasteiger partial charge in [0.1, 0.15) is 12.4 Å². The molecule has 0 saturated carbocycles. The normalized spacial score (nSPS) is 32.7. The second-order valence-corrected chi connectivity index (χ2v) is 5.19. The number of hydrogen-bond donors (Lipinski definition) is 1. The maximum atomic E-state index is 10.6. The van der Waals surface area contributed by atoms with Gasteiger partial charge in [-0.05, 0) is 6.42 Å². The van der Waals surface area contributed by atoms with Crippen LogP contribution in [-0.2, 0) is 6.54 Å². The van der Waals surface area contributed by atoms with E-state index >= 15 is 0 Å². The van der Waals surface area contributed by atoms with E-state index in [4.69, 9.17) is 0 Å². The lowest BCUT2D eigenvalue weighted by molar-refractivity contribution is -0.0509. The molecule has 1 aromatic heterocycles. The maximum absolute atomic E-state index is 10.6. The molecule has 3 aliphatic rings. The monoisotopic (exact) mass is 251 g/mol. The third-order valence-corrected chi connectivity index (χ3v) is 4.03. The minimum Gasteiger partial charge on any atom is -0.383 e. The minimum absolute atomic E-state index is 0.173. The molecule has 6 heteroatoms. The van der Waals surface area contributed by atoms with Crippen molar-refractivity contribution in [2.75, 3.05) is 32.7 Å². The number of piperazine rings is 3. The largest absolute Gasteiger partial charge is 0.383 e. The number of rotatable bonds is 4. The van der Waals surface area contributed by atoms with Crippen molar-refractivity contribution < 1.29 is 5.11 Å². The Morgan fingerprint density at radius 2 is 2.17 bits per heavy atom. The first kappa shape index (κ1) is 12.1. The van der Waals surface area contributed by atoms with E-state index < -0.39 is 6.10 Å². The summed E-state index contributed by atoms with van der Waals surface area (Å²) in [6.07, 6.45) is 2.02. The van der Waals surface area contributed by atoms with Crippen molar-refractivity contribution in [3.05, 3.63) is 12.2 Å². The summed E-state index contributed by atoms with van der Waals surface area (Å²) in [6.45, 7) is 8.25. The lowest BCUT2D eigenvalue weighted by atomic mass is 10.0. The summed E-state index contributed by atoms with van der Waals surface area (Å²) in [5, 5.41) is 14.8. The van der Waals surface area contributed by atoms with Crippen LogP contribution in [0, 0.1) is 0 Å². The van der Waals surface area contributed by atoms with E-state index in [1.54, 1.807) is 6.33 Å². The van der Waals surface area contributed by atoms with Crippen LogP contribution in [-0.4, -0.2) is 68.4 Å². The molecular formula is C12H21N5O.